The van der Waals surface area contributed by atoms with Crippen molar-refractivity contribution in [3.8, 4) is 0 Å². The molecule has 1 aromatic carbocycles. The van der Waals surface area contributed by atoms with Crippen molar-refractivity contribution in [1.82, 2.24) is 4.98 Å². The molecule has 0 aliphatic heterocycles. The fourth-order valence-electron chi connectivity index (χ4n) is 1.62. The Morgan fingerprint density at radius 1 is 1.22 bits per heavy atom. The SMILES string of the molecule is FC(F)(F)CCNc1ccc(Cl)c2cccnc12. The molecule has 0 unspecified atom stereocenters. The lowest BCUT2D eigenvalue weighted by Crippen LogP contribution is -2.14. The lowest BCUT2D eigenvalue weighted by molar-refractivity contribution is -0.131. The minimum atomic E-state index is -4.16. The molecule has 0 amide bonds. The lowest BCUT2D eigenvalue weighted by Gasteiger charge is -2.11. The van der Waals surface area contributed by atoms with E-state index in [1.54, 1.807) is 30.5 Å². The maximum Gasteiger partial charge on any atom is 0.390 e. The van der Waals surface area contributed by atoms with E-state index in [1.807, 2.05) is 0 Å². The normalized spacial score (nSPS) is 11.8. The van der Waals surface area contributed by atoms with E-state index in [-0.39, 0.29) is 6.54 Å². The Morgan fingerprint density at radius 3 is 2.72 bits per heavy atom. The van der Waals surface area contributed by atoms with Gasteiger partial charge in [-0.2, -0.15) is 13.2 Å². The average molecular weight is 275 g/mol. The van der Waals surface area contributed by atoms with Crippen LogP contribution in [0.1, 0.15) is 6.42 Å². The second-order valence-electron chi connectivity index (χ2n) is 3.79. The molecular formula is C12H10ClF3N2. The van der Waals surface area contributed by atoms with Crippen LogP contribution in [0.2, 0.25) is 5.02 Å². The fourth-order valence-corrected chi connectivity index (χ4v) is 1.83. The second-order valence-corrected chi connectivity index (χ2v) is 4.19. The molecule has 0 bridgehead atoms. The monoisotopic (exact) mass is 274 g/mol. The van der Waals surface area contributed by atoms with Gasteiger partial charge >= 0.3 is 6.18 Å². The van der Waals surface area contributed by atoms with E-state index in [4.69, 9.17) is 11.6 Å². The number of rotatable bonds is 3. The van der Waals surface area contributed by atoms with Gasteiger partial charge in [0, 0.05) is 18.1 Å². The molecule has 0 spiro atoms. The van der Waals surface area contributed by atoms with E-state index >= 15 is 0 Å². The Hall–Kier alpha value is -1.49. The topological polar surface area (TPSA) is 24.9 Å². The third-order valence-corrected chi connectivity index (χ3v) is 2.77. The predicted octanol–water partition coefficient (Wildman–Crippen LogP) is 4.25. The highest BCUT2D eigenvalue weighted by Crippen LogP contribution is 2.28. The van der Waals surface area contributed by atoms with Gasteiger partial charge in [-0.25, -0.2) is 0 Å². The smallest absolute Gasteiger partial charge is 0.383 e. The van der Waals surface area contributed by atoms with Crippen LogP contribution in [0, 0.1) is 0 Å². The van der Waals surface area contributed by atoms with E-state index in [9.17, 15) is 13.2 Å². The summed E-state index contributed by atoms with van der Waals surface area (Å²) in [6, 6.07) is 6.78. The van der Waals surface area contributed by atoms with E-state index < -0.39 is 12.6 Å². The number of aromatic nitrogens is 1. The Kier molecular flexibility index (Phi) is 3.61. The van der Waals surface area contributed by atoms with Crippen molar-refractivity contribution in [2.45, 2.75) is 12.6 Å². The third kappa shape index (κ3) is 3.04. The number of nitrogens with zero attached hydrogens (tertiary/aromatic N) is 1. The van der Waals surface area contributed by atoms with Gasteiger partial charge in [0.25, 0.3) is 0 Å². The molecule has 0 saturated carbocycles. The molecule has 0 aliphatic rings. The van der Waals surface area contributed by atoms with Crippen molar-refractivity contribution in [3.05, 3.63) is 35.5 Å². The lowest BCUT2D eigenvalue weighted by atomic mass is 10.2. The molecule has 1 heterocycles. The molecule has 6 heteroatoms. The van der Waals surface area contributed by atoms with Crippen molar-refractivity contribution in [3.63, 3.8) is 0 Å². The predicted molar refractivity (Wildman–Crippen MR) is 65.9 cm³/mol. The summed E-state index contributed by atoms with van der Waals surface area (Å²) in [7, 11) is 0. The number of anilines is 1. The molecular weight excluding hydrogens is 265 g/mol. The zero-order valence-corrected chi connectivity index (χ0v) is 10.0. The highest BCUT2D eigenvalue weighted by atomic mass is 35.5. The minimum absolute atomic E-state index is 0.184. The Balaban J connectivity index is 2.21. The first-order valence-electron chi connectivity index (χ1n) is 5.31. The fraction of sp³-hybridized carbons (Fsp3) is 0.250. The summed E-state index contributed by atoms with van der Waals surface area (Å²) in [6.07, 6.45) is -3.47. The number of fused-ring (bicyclic) bond motifs is 1. The van der Waals surface area contributed by atoms with Crippen LogP contribution < -0.4 is 5.32 Å². The molecule has 0 fully saturated rings. The van der Waals surface area contributed by atoms with E-state index in [2.05, 4.69) is 10.3 Å². The van der Waals surface area contributed by atoms with Crippen molar-refractivity contribution in [1.29, 1.82) is 0 Å². The van der Waals surface area contributed by atoms with Gasteiger partial charge in [0.2, 0.25) is 0 Å². The molecule has 18 heavy (non-hydrogen) atoms. The first-order chi connectivity index (χ1) is 8.47. The molecule has 0 radical (unpaired) electrons. The van der Waals surface area contributed by atoms with Crippen molar-refractivity contribution in [2.24, 2.45) is 0 Å². The van der Waals surface area contributed by atoms with Crippen LogP contribution in [0.25, 0.3) is 10.9 Å². The quantitative estimate of drug-likeness (QED) is 0.905. The third-order valence-electron chi connectivity index (χ3n) is 2.44. The van der Waals surface area contributed by atoms with Gasteiger partial charge in [-0.15, -0.1) is 0 Å². The van der Waals surface area contributed by atoms with Gasteiger partial charge in [-0.3, -0.25) is 4.98 Å². The van der Waals surface area contributed by atoms with Gasteiger partial charge in [0.15, 0.2) is 0 Å². The van der Waals surface area contributed by atoms with Gasteiger partial charge in [-0.1, -0.05) is 11.6 Å². The summed E-state index contributed by atoms with van der Waals surface area (Å²) in [4.78, 5) is 4.13. The maximum absolute atomic E-state index is 12.1. The summed E-state index contributed by atoms with van der Waals surface area (Å²) in [5.41, 5.74) is 1.13. The first-order valence-corrected chi connectivity index (χ1v) is 5.69. The molecule has 2 nitrogen and oxygen atoms in total. The highest BCUT2D eigenvalue weighted by molar-refractivity contribution is 6.35. The summed E-state index contributed by atoms with van der Waals surface area (Å²) >= 11 is 5.99. The van der Waals surface area contributed by atoms with Gasteiger partial charge in [0.05, 0.1) is 22.6 Å². The van der Waals surface area contributed by atoms with Crippen LogP contribution in [0.4, 0.5) is 18.9 Å². The molecule has 0 saturated heterocycles. The molecule has 0 atom stereocenters. The molecule has 0 aliphatic carbocycles. The zero-order valence-electron chi connectivity index (χ0n) is 9.26. The van der Waals surface area contributed by atoms with Crippen molar-refractivity contribution in [2.75, 3.05) is 11.9 Å². The first kappa shape index (κ1) is 13.0. The molecule has 1 N–H and O–H groups in total. The Bertz CT molecular complexity index is 555. The number of nitrogens with one attached hydrogen (secondary N) is 1. The average Bonchev–Trinajstić information content (AvgIpc) is 2.31. The van der Waals surface area contributed by atoms with Gasteiger partial charge in [0.1, 0.15) is 0 Å². The summed E-state index contributed by atoms with van der Waals surface area (Å²) in [5, 5.41) is 3.98. The van der Waals surface area contributed by atoms with E-state index in [1.165, 1.54) is 0 Å². The molecule has 96 valence electrons. The number of hydrogen-bond acceptors (Lipinski definition) is 2. The van der Waals surface area contributed by atoms with E-state index in [0.717, 1.165) is 5.39 Å². The summed E-state index contributed by atoms with van der Waals surface area (Å²) < 4.78 is 36.2. The van der Waals surface area contributed by atoms with Crippen LogP contribution in [0.5, 0.6) is 0 Å². The molecule has 2 aromatic rings. The van der Waals surface area contributed by atoms with Crippen LogP contribution in [0.3, 0.4) is 0 Å². The number of benzene rings is 1. The maximum atomic E-state index is 12.1. The van der Waals surface area contributed by atoms with Crippen molar-refractivity contribution >= 4 is 28.2 Å². The van der Waals surface area contributed by atoms with Crippen LogP contribution in [0.15, 0.2) is 30.5 Å². The molecule has 1 aromatic heterocycles. The number of pyridine rings is 1. The van der Waals surface area contributed by atoms with Crippen LogP contribution >= 0.6 is 11.6 Å². The number of alkyl halides is 3. The Labute approximate surface area is 107 Å². The number of hydrogen-bond donors (Lipinski definition) is 1. The largest absolute Gasteiger partial charge is 0.390 e. The molecule has 2 rings (SSSR count). The van der Waals surface area contributed by atoms with Crippen LogP contribution in [-0.2, 0) is 0 Å². The minimum Gasteiger partial charge on any atom is -0.383 e. The zero-order chi connectivity index (χ0) is 13.2. The van der Waals surface area contributed by atoms with Gasteiger partial charge < -0.3 is 5.32 Å². The van der Waals surface area contributed by atoms with Crippen LogP contribution in [-0.4, -0.2) is 17.7 Å². The number of halogens is 4. The van der Waals surface area contributed by atoms with Crippen molar-refractivity contribution < 1.29 is 13.2 Å². The van der Waals surface area contributed by atoms with E-state index in [0.29, 0.717) is 16.2 Å². The summed E-state index contributed by atoms with van der Waals surface area (Å²) in [6.45, 7) is -0.184. The van der Waals surface area contributed by atoms with Gasteiger partial charge in [-0.05, 0) is 24.3 Å². The Morgan fingerprint density at radius 2 is 2.00 bits per heavy atom. The highest BCUT2D eigenvalue weighted by Gasteiger charge is 2.26. The standard InChI is InChI=1S/C12H10ClF3N2/c13-9-3-4-10(17-7-5-12(14,15)16)11-8(9)2-1-6-18-11/h1-4,6,17H,5,7H2. The summed E-state index contributed by atoms with van der Waals surface area (Å²) in [5.74, 6) is 0. The second kappa shape index (κ2) is 5.02.